The Hall–Kier alpha value is -3.22. The van der Waals surface area contributed by atoms with Crippen LogP contribution in [0.4, 0.5) is 5.69 Å². The van der Waals surface area contributed by atoms with Crippen molar-refractivity contribution in [3.05, 3.63) is 54.1 Å². The molecule has 4 rings (SSSR count). The van der Waals surface area contributed by atoms with Gasteiger partial charge in [0.15, 0.2) is 0 Å². The van der Waals surface area contributed by atoms with Crippen LogP contribution in [0.1, 0.15) is 41.7 Å². The molecule has 0 radical (unpaired) electrons. The molecule has 2 heterocycles. The number of hydrogen-bond acceptors (Lipinski definition) is 6. The molecule has 3 aromatic rings. The van der Waals surface area contributed by atoms with E-state index in [0.29, 0.717) is 17.1 Å². The van der Waals surface area contributed by atoms with Crippen LogP contribution in [0, 0.1) is 6.92 Å². The van der Waals surface area contributed by atoms with Gasteiger partial charge in [0.25, 0.3) is 5.91 Å². The smallest absolute Gasteiger partial charge is 0.270 e. The summed E-state index contributed by atoms with van der Waals surface area (Å²) in [6.45, 7) is 1.95. The maximum Gasteiger partial charge on any atom is 0.270 e. The Morgan fingerprint density at radius 3 is 2.64 bits per heavy atom. The molecule has 2 aromatic heterocycles. The van der Waals surface area contributed by atoms with Gasteiger partial charge in [-0.2, -0.15) is 0 Å². The van der Waals surface area contributed by atoms with E-state index in [1.54, 1.807) is 36.8 Å². The lowest BCUT2D eigenvalue weighted by atomic mass is 9.92. The first-order valence-corrected chi connectivity index (χ1v) is 9.49. The molecule has 1 aliphatic rings. The fourth-order valence-electron chi connectivity index (χ4n) is 3.58. The first-order chi connectivity index (χ1) is 13.6. The van der Waals surface area contributed by atoms with Gasteiger partial charge in [-0.3, -0.25) is 14.8 Å². The number of aryl methyl sites for hydroxylation is 1. The monoisotopic (exact) mass is 377 g/mol. The average Bonchev–Trinajstić information content (AvgIpc) is 2.69. The second kappa shape index (κ2) is 7.80. The van der Waals surface area contributed by atoms with Crippen molar-refractivity contribution in [1.82, 2.24) is 20.3 Å². The van der Waals surface area contributed by atoms with Crippen molar-refractivity contribution in [3.8, 4) is 5.75 Å². The number of anilines is 1. The van der Waals surface area contributed by atoms with Crippen LogP contribution < -0.4 is 15.8 Å². The molecule has 144 valence electrons. The molecule has 0 atom stereocenters. The Bertz CT molecular complexity index is 999. The van der Waals surface area contributed by atoms with Crippen LogP contribution in [0.3, 0.4) is 0 Å². The Kier molecular flexibility index (Phi) is 5.06. The highest BCUT2D eigenvalue weighted by molar-refractivity contribution is 5.92. The van der Waals surface area contributed by atoms with Crippen molar-refractivity contribution in [2.75, 3.05) is 5.73 Å². The van der Waals surface area contributed by atoms with Gasteiger partial charge < -0.3 is 15.8 Å². The highest BCUT2D eigenvalue weighted by Gasteiger charge is 2.25. The minimum absolute atomic E-state index is 0.0669. The molecule has 1 amide bonds. The summed E-state index contributed by atoms with van der Waals surface area (Å²) in [7, 11) is 0. The number of nitrogens with zero attached hydrogens (tertiary/aromatic N) is 3. The maximum atomic E-state index is 12.4. The van der Waals surface area contributed by atoms with E-state index in [4.69, 9.17) is 10.5 Å². The SMILES string of the molecule is Cc1ccnc(C(=O)NC2CCC(Oc3cc(N)cc4nccnc34)CC2)c1. The van der Waals surface area contributed by atoms with E-state index < -0.39 is 0 Å². The number of nitrogen functional groups attached to an aromatic ring is 1. The lowest BCUT2D eigenvalue weighted by Crippen LogP contribution is -2.40. The van der Waals surface area contributed by atoms with Crippen molar-refractivity contribution in [1.29, 1.82) is 0 Å². The van der Waals surface area contributed by atoms with Gasteiger partial charge in [0.1, 0.15) is 17.0 Å². The van der Waals surface area contributed by atoms with Gasteiger partial charge in [0.05, 0.1) is 11.6 Å². The summed E-state index contributed by atoms with van der Waals surface area (Å²) in [5.74, 6) is 0.546. The zero-order chi connectivity index (χ0) is 19.5. The van der Waals surface area contributed by atoms with Crippen LogP contribution in [-0.4, -0.2) is 33.0 Å². The summed E-state index contributed by atoms with van der Waals surface area (Å²) in [6, 6.07) is 7.40. The normalized spacial score (nSPS) is 19.3. The molecule has 0 aliphatic heterocycles. The van der Waals surface area contributed by atoms with Crippen LogP contribution in [0.25, 0.3) is 11.0 Å². The Balaban J connectivity index is 1.37. The fraction of sp³-hybridized carbons (Fsp3) is 0.333. The largest absolute Gasteiger partial charge is 0.488 e. The van der Waals surface area contributed by atoms with Crippen molar-refractivity contribution in [3.63, 3.8) is 0 Å². The van der Waals surface area contributed by atoms with Crippen molar-refractivity contribution >= 4 is 22.6 Å². The van der Waals surface area contributed by atoms with Crippen molar-refractivity contribution in [2.24, 2.45) is 0 Å². The zero-order valence-electron chi connectivity index (χ0n) is 15.8. The molecule has 0 saturated heterocycles. The van der Waals surface area contributed by atoms with E-state index in [2.05, 4.69) is 20.3 Å². The zero-order valence-corrected chi connectivity index (χ0v) is 15.8. The lowest BCUT2D eigenvalue weighted by molar-refractivity contribution is 0.0890. The lowest BCUT2D eigenvalue weighted by Gasteiger charge is -2.29. The average molecular weight is 377 g/mol. The van der Waals surface area contributed by atoms with Crippen LogP contribution in [-0.2, 0) is 0 Å². The maximum absolute atomic E-state index is 12.4. The van der Waals surface area contributed by atoms with E-state index in [9.17, 15) is 4.79 Å². The molecule has 1 saturated carbocycles. The molecule has 0 bridgehead atoms. The number of carbonyl (C=O) groups excluding carboxylic acids is 1. The van der Waals surface area contributed by atoms with Crippen LogP contribution in [0.15, 0.2) is 42.9 Å². The molecular formula is C21H23N5O2. The number of aromatic nitrogens is 3. The predicted octanol–water partition coefficient (Wildman–Crippen LogP) is 3.04. The van der Waals surface area contributed by atoms with Gasteiger partial charge in [0.2, 0.25) is 0 Å². The molecule has 0 spiro atoms. The molecule has 7 heteroatoms. The van der Waals surface area contributed by atoms with E-state index in [-0.39, 0.29) is 18.1 Å². The molecule has 1 aromatic carbocycles. The van der Waals surface area contributed by atoms with Gasteiger partial charge >= 0.3 is 0 Å². The number of hydrogen-bond donors (Lipinski definition) is 2. The summed E-state index contributed by atoms with van der Waals surface area (Å²) in [4.78, 5) is 25.2. The second-order valence-corrected chi connectivity index (χ2v) is 7.23. The molecule has 0 unspecified atom stereocenters. The number of ether oxygens (including phenoxy) is 1. The number of amides is 1. The number of nitrogens with one attached hydrogen (secondary N) is 1. The first kappa shape index (κ1) is 18.2. The number of nitrogens with two attached hydrogens (primary N) is 1. The van der Waals surface area contributed by atoms with Gasteiger partial charge in [-0.1, -0.05) is 0 Å². The Labute approximate surface area is 163 Å². The first-order valence-electron chi connectivity index (χ1n) is 9.49. The third-order valence-corrected chi connectivity index (χ3v) is 5.01. The number of pyridine rings is 1. The van der Waals surface area contributed by atoms with Crippen LogP contribution >= 0.6 is 0 Å². The number of benzene rings is 1. The standard InChI is InChI=1S/C21H23N5O2/c1-13-6-7-23-18(10-13)21(27)26-15-2-4-16(5-3-15)28-19-12-14(22)11-17-20(19)25-9-8-24-17/h6-12,15-16H,2-5,22H2,1H3,(H,26,27). The Morgan fingerprint density at radius 2 is 1.86 bits per heavy atom. The van der Waals surface area contributed by atoms with Gasteiger partial charge in [-0.05, 0) is 56.4 Å². The highest BCUT2D eigenvalue weighted by Crippen LogP contribution is 2.30. The molecule has 7 nitrogen and oxygen atoms in total. The summed E-state index contributed by atoms with van der Waals surface area (Å²) in [5.41, 5.74) is 9.51. The minimum Gasteiger partial charge on any atom is -0.488 e. The van der Waals surface area contributed by atoms with Crippen LogP contribution in [0.5, 0.6) is 5.75 Å². The van der Waals surface area contributed by atoms with Crippen LogP contribution in [0.2, 0.25) is 0 Å². The Morgan fingerprint density at radius 1 is 1.07 bits per heavy atom. The second-order valence-electron chi connectivity index (χ2n) is 7.23. The third kappa shape index (κ3) is 4.03. The molecule has 3 N–H and O–H groups in total. The highest BCUT2D eigenvalue weighted by atomic mass is 16.5. The number of fused-ring (bicyclic) bond motifs is 1. The van der Waals surface area contributed by atoms with Gasteiger partial charge in [0, 0.05) is 36.4 Å². The summed E-state index contributed by atoms with van der Waals surface area (Å²) >= 11 is 0. The van der Waals surface area contributed by atoms with E-state index in [0.717, 1.165) is 42.3 Å². The summed E-state index contributed by atoms with van der Waals surface area (Å²) in [6.07, 6.45) is 8.43. The molecule has 1 aliphatic carbocycles. The van der Waals surface area contributed by atoms with Gasteiger partial charge in [-0.15, -0.1) is 0 Å². The van der Waals surface area contributed by atoms with Crippen molar-refractivity contribution in [2.45, 2.75) is 44.8 Å². The molecule has 1 fully saturated rings. The molecule has 28 heavy (non-hydrogen) atoms. The number of carbonyl (C=O) groups is 1. The van der Waals surface area contributed by atoms with E-state index >= 15 is 0 Å². The number of rotatable bonds is 4. The van der Waals surface area contributed by atoms with Gasteiger partial charge in [-0.25, -0.2) is 4.98 Å². The van der Waals surface area contributed by atoms with E-state index in [1.807, 2.05) is 13.0 Å². The minimum atomic E-state index is -0.120. The topological polar surface area (TPSA) is 103 Å². The fourth-order valence-corrected chi connectivity index (χ4v) is 3.58. The quantitative estimate of drug-likeness (QED) is 0.678. The molecular weight excluding hydrogens is 354 g/mol. The predicted molar refractivity (Wildman–Crippen MR) is 107 cm³/mol. The summed E-state index contributed by atoms with van der Waals surface area (Å²) in [5, 5.41) is 3.09. The third-order valence-electron chi connectivity index (χ3n) is 5.01. The van der Waals surface area contributed by atoms with E-state index in [1.165, 1.54) is 0 Å². The van der Waals surface area contributed by atoms with Crippen molar-refractivity contribution < 1.29 is 9.53 Å². The summed E-state index contributed by atoms with van der Waals surface area (Å²) < 4.78 is 6.20.